The lowest BCUT2D eigenvalue weighted by molar-refractivity contribution is -0.197. The monoisotopic (exact) mass is 551 g/mol. The molecule has 3 fully saturated rings. The van der Waals surface area contributed by atoms with E-state index in [9.17, 15) is 14.7 Å². The zero-order chi connectivity index (χ0) is 27.9. The van der Waals surface area contributed by atoms with Crippen molar-refractivity contribution in [1.82, 2.24) is 24.4 Å². The van der Waals surface area contributed by atoms with E-state index in [0.717, 1.165) is 19.4 Å². The first-order valence-corrected chi connectivity index (χ1v) is 13.6. The van der Waals surface area contributed by atoms with Crippen molar-refractivity contribution >= 4 is 34.7 Å². The van der Waals surface area contributed by atoms with E-state index >= 15 is 0 Å². The van der Waals surface area contributed by atoms with E-state index in [-0.39, 0.29) is 18.0 Å². The fourth-order valence-corrected chi connectivity index (χ4v) is 5.91. The van der Waals surface area contributed by atoms with Crippen LogP contribution in [0.1, 0.15) is 45.8 Å². The van der Waals surface area contributed by atoms with Crippen LogP contribution < -0.4 is 10.6 Å². The number of nitrogens with one attached hydrogen (secondary N) is 2. The molecule has 5 unspecified atom stereocenters. The number of urea groups is 1. The fourth-order valence-electron chi connectivity index (χ4n) is 5.91. The Morgan fingerprint density at radius 3 is 2.70 bits per heavy atom. The number of carboxylic acids is 1. The zero-order valence-electron chi connectivity index (χ0n) is 22.4. The number of nitrogens with zero attached hydrogens (tertiary/aromatic N) is 5. The lowest BCUT2D eigenvalue weighted by atomic mass is 10.1. The van der Waals surface area contributed by atoms with Crippen molar-refractivity contribution in [3.63, 3.8) is 0 Å². The number of carboxylic acid groups (broad SMARTS) is 1. The molecule has 3 saturated heterocycles. The van der Waals surface area contributed by atoms with Crippen LogP contribution in [0.25, 0.3) is 11.2 Å². The molecule has 13 heteroatoms. The van der Waals surface area contributed by atoms with Crippen LogP contribution in [0.2, 0.25) is 0 Å². The molecule has 6 rings (SSSR count). The van der Waals surface area contributed by atoms with Crippen molar-refractivity contribution in [1.29, 1.82) is 0 Å². The van der Waals surface area contributed by atoms with Crippen LogP contribution in [0.4, 0.5) is 16.3 Å². The van der Waals surface area contributed by atoms with E-state index in [1.54, 1.807) is 23.0 Å². The average molecular weight is 552 g/mol. The molecule has 5 heterocycles. The number of ether oxygens (including phenoxy) is 3. The molecule has 3 N–H and O–H groups in total. The maximum atomic E-state index is 12.6. The Bertz CT molecular complexity index is 1380. The van der Waals surface area contributed by atoms with E-state index in [1.807, 2.05) is 36.9 Å². The Morgan fingerprint density at radius 1 is 1.10 bits per heavy atom. The summed E-state index contributed by atoms with van der Waals surface area (Å²) in [4.78, 5) is 39.3. The molecule has 0 spiro atoms. The zero-order valence-corrected chi connectivity index (χ0v) is 22.4. The Morgan fingerprint density at radius 2 is 1.90 bits per heavy atom. The molecule has 1 aromatic carbocycles. The van der Waals surface area contributed by atoms with Crippen molar-refractivity contribution in [2.75, 3.05) is 23.7 Å². The predicted octanol–water partition coefficient (Wildman–Crippen LogP) is 3.22. The third-order valence-electron chi connectivity index (χ3n) is 7.60. The number of rotatable bonds is 8. The molecule has 40 heavy (non-hydrogen) atoms. The van der Waals surface area contributed by atoms with Gasteiger partial charge in [0.2, 0.25) is 0 Å². The molecule has 5 atom stereocenters. The number of imidazole rings is 1. The van der Waals surface area contributed by atoms with Crippen molar-refractivity contribution < 1.29 is 28.9 Å². The molecular formula is C27H33N7O6. The van der Waals surface area contributed by atoms with Crippen molar-refractivity contribution in [2.24, 2.45) is 0 Å². The van der Waals surface area contributed by atoms with E-state index in [2.05, 4.69) is 25.6 Å². The van der Waals surface area contributed by atoms with Gasteiger partial charge in [-0.05, 0) is 64.8 Å². The van der Waals surface area contributed by atoms with Gasteiger partial charge in [-0.15, -0.1) is 0 Å². The topological polar surface area (TPSA) is 153 Å². The third kappa shape index (κ3) is 5.24. The quantitative estimate of drug-likeness (QED) is 0.380. The smallest absolute Gasteiger partial charge is 0.324 e. The first-order chi connectivity index (χ1) is 19.3. The Hall–Kier alpha value is -3.65. The molecule has 3 aromatic rings. The van der Waals surface area contributed by atoms with Gasteiger partial charge in [-0.25, -0.2) is 19.7 Å². The van der Waals surface area contributed by atoms with Crippen molar-refractivity contribution in [3.05, 3.63) is 43.0 Å². The van der Waals surface area contributed by atoms with Crippen LogP contribution in [-0.2, 0) is 19.0 Å². The molecular weight excluding hydrogens is 518 g/mol. The summed E-state index contributed by atoms with van der Waals surface area (Å²) in [6.45, 7) is 5.24. The SMILES string of the molecule is CC1(C)OC2C(CCCN3CCCC3C(=O)O)OC(n3cnc4c(NC(=O)Nc5ccccc5)ncnc43)C2O1. The van der Waals surface area contributed by atoms with Gasteiger partial charge in [-0.2, -0.15) is 0 Å². The number of likely N-dealkylation sites (tertiary alicyclic amines) is 1. The minimum Gasteiger partial charge on any atom is -0.480 e. The first-order valence-electron chi connectivity index (χ1n) is 13.6. The minimum atomic E-state index is -0.785. The highest BCUT2D eigenvalue weighted by atomic mass is 16.8. The van der Waals surface area contributed by atoms with Gasteiger partial charge in [0, 0.05) is 5.69 Å². The molecule has 2 amide bonds. The molecule has 212 valence electrons. The van der Waals surface area contributed by atoms with E-state index < -0.39 is 36.2 Å². The van der Waals surface area contributed by atoms with Crippen LogP contribution in [0.5, 0.6) is 0 Å². The molecule has 3 aliphatic heterocycles. The average Bonchev–Trinajstić information content (AvgIpc) is 3.68. The van der Waals surface area contributed by atoms with Crippen molar-refractivity contribution in [3.8, 4) is 0 Å². The summed E-state index contributed by atoms with van der Waals surface area (Å²) in [5.74, 6) is -1.28. The highest BCUT2D eigenvalue weighted by molar-refractivity contribution is 6.02. The number of anilines is 2. The standard InChI is InChI=1S/C27H33N7O6/c1-27(2)39-20-18(11-7-13-33-12-6-10-17(33)25(35)36)38-24(21(20)40-27)34-15-30-19-22(28-14-29-23(19)34)32-26(37)31-16-8-4-3-5-9-16/h3-5,8-9,14-15,17-18,20-21,24H,6-7,10-13H2,1-2H3,(H,35,36)(H2,28,29,31,32,37). The van der Waals surface area contributed by atoms with Gasteiger partial charge >= 0.3 is 12.0 Å². The summed E-state index contributed by atoms with van der Waals surface area (Å²) >= 11 is 0. The van der Waals surface area contributed by atoms with E-state index in [1.165, 1.54) is 6.33 Å². The van der Waals surface area contributed by atoms with Gasteiger partial charge in [0.15, 0.2) is 29.0 Å². The molecule has 0 aliphatic carbocycles. The number of aliphatic carboxylic acids is 1. The number of amides is 2. The second-order valence-electron chi connectivity index (χ2n) is 10.8. The predicted molar refractivity (Wildman–Crippen MR) is 144 cm³/mol. The largest absolute Gasteiger partial charge is 0.480 e. The molecule has 0 bridgehead atoms. The van der Waals surface area contributed by atoms with Crippen LogP contribution >= 0.6 is 0 Å². The van der Waals surface area contributed by atoms with E-state index in [0.29, 0.717) is 36.2 Å². The molecule has 2 aromatic heterocycles. The highest BCUT2D eigenvalue weighted by Gasteiger charge is 2.55. The third-order valence-corrected chi connectivity index (χ3v) is 7.60. The summed E-state index contributed by atoms with van der Waals surface area (Å²) in [6, 6.07) is 8.24. The van der Waals surface area contributed by atoms with Crippen molar-refractivity contribution in [2.45, 2.75) is 75.9 Å². The lowest BCUT2D eigenvalue weighted by Gasteiger charge is -2.25. The van der Waals surface area contributed by atoms with Gasteiger partial charge in [0.1, 0.15) is 24.6 Å². The van der Waals surface area contributed by atoms with Gasteiger partial charge in [0.05, 0.1) is 12.4 Å². The van der Waals surface area contributed by atoms with Gasteiger partial charge < -0.3 is 24.6 Å². The Balaban J connectivity index is 1.18. The maximum Gasteiger partial charge on any atom is 0.324 e. The number of benzene rings is 1. The number of carbonyl (C=O) groups excluding carboxylic acids is 1. The first kappa shape index (κ1) is 26.6. The summed E-state index contributed by atoms with van der Waals surface area (Å²) in [7, 11) is 0. The lowest BCUT2D eigenvalue weighted by Crippen LogP contribution is -2.37. The van der Waals surface area contributed by atoms with Crippen LogP contribution in [-0.4, -0.2) is 84.8 Å². The second kappa shape index (κ2) is 10.7. The fraction of sp³-hybridized carbons (Fsp3) is 0.519. The molecule has 0 saturated carbocycles. The van der Waals surface area contributed by atoms with Crippen LogP contribution in [0.15, 0.2) is 43.0 Å². The highest BCUT2D eigenvalue weighted by Crippen LogP contribution is 2.45. The second-order valence-corrected chi connectivity index (χ2v) is 10.8. The molecule has 13 nitrogen and oxygen atoms in total. The number of carbonyl (C=O) groups is 2. The summed E-state index contributed by atoms with van der Waals surface area (Å²) < 4.78 is 20.8. The summed E-state index contributed by atoms with van der Waals surface area (Å²) in [6.07, 6.45) is 4.51. The molecule has 3 aliphatic rings. The van der Waals surface area contributed by atoms with Crippen LogP contribution in [0.3, 0.4) is 0 Å². The number of hydrogen-bond donors (Lipinski definition) is 3. The van der Waals surface area contributed by atoms with Gasteiger partial charge in [-0.1, -0.05) is 18.2 Å². The number of aromatic nitrogens is 4. The van der Waals surface area contributed by atoms with Gasteiger partial charge in [0.25, 0.3) is 0 Å². The summed E-state index contributed by atoms with van der Waals surface area (Å²) in [5.41, 5.74) is 1.56. The number of fused-ring (bicyclic) bond motifs is 2. The van der Waals surface area contributed by atoms with E-state index in [4.69, 9.17) is 14.2 Å². The number of hydrogen-bond acceptors (Lipinski definition) is 9. The van der Waals surface area contributed by atoms with Gasteiger partial charge in [-0.3, -0.25) is 19.6 Å². The maximum absolute atomic E-state index is 12.6. The Labute approximate surface area is 230 Å². The number of para-hydroxylation sites is 1. The Kier molecular flexibility index (Phi) is 7.13. The summed E-state index contributed by atoms with van der Waals surface area (Å²) in [5, 5.41) is 15.0. The minimum absolute atomic E-state index is 0.254. The van der Waals surface area contributed by atoms with Crippen LogP contribution in [0, 0.1) is 0 Å². The molecule has 0 radical (unpaired) electrons. The normalized spacial score (nSPS) is 27.6.